The van der Waals surface area contributed by atoms with E-state index in [-0.39, 0.29) is 17.3 Å². The van der Waals surface area contributed by atoms with Gasteiger partial charge >= 0.3 is 5.97 Å². The Kier molecular flexibility index (Phi) is 3.27. The highest BCUT2D eigenvalue weighted by Crippen LogP contribution is 2.57. The fourth-order valence-corrected chi connectivity index (χ4v) is 4.93. The first-order chi connectivity index (χ1) is 9.91. The van der Waals surface area contributed by atoms with Crippen LogP contribution in [0.25, 0.3) is 0 Å². The third-order valence-electron chi connectivity index (χ3n) is 5.99. The molecule has 2 aliphatic carbocycles. The van der Waals surface area contributed by atoms with Crippen molar-refractivity contribution in [3.05, 3.63) is 29.3 Å². The summed E-state index contributed by atoms with van der Waals surface area (Å²) in [5.74, 6) is 0.517. The van der Waals surface area contributed by atoms with Crippen molar-refractivity contribution in [3.63, 3.8) is 0 Å². The van der Waals surface area contributed by atoms with Crippen LogP contribution in [0, 0.1) is 11.3 Å². The van der Waals surface area contributed by atoms with E-state index in [1.165, 1.54) is 18.2 Å². The molecule has 0 saturated heterocycles. The maximum absolute atomic E-state index is 12.4. The number of carbonyl (C=O) groups is 1. The maximum Gasteiger partial charge on any atom is 0.311 e. The van der Waals surface area contributed by atoms with Crippen molar-refractivity contribution in [2.24, 2.45) is 11.3 Å². The summed E-state index contributed by atoms with van der Waals surface area (Å²) >= 11 is 0. The average molecular weight is 288 g/mol. The molecule has 1 aromatic rings. The van der Waals surface area contributed by atoms with Gasteiger partial charge in [-0.05, 0) is 67.2 Å². The summed E-state index contributed by atoms with van der Waals surface area (Å²) in [5, 5.41) is 9.89. The molecule has 0 radical (unpaired) electrons. The Bertz CT molecular complexity index is 580. The monoisotopic (exact) mass is 288 g/mol. The highest BCUT2D eigenvalue weighted by atomic mass is 16.5. The quantitative estimate of drug-likeness (QED) is 0.803. The Morgan fingerprint density at radius 2 is 2.10 bits per heavy atom. The molecule has 1 aromatic carbocycles. The van der Waals surface area contributed by atoms with Crippen molar-refractivity contribution >= 4 is 5.97 Å². The van der Waals surface area contributed by atoms with Gasteiger partial charge in [0.1, 0.15) is 5.75 Å². The molecule has 1 fully saturated rings. The smallest absolute Gasteiger partial charge is 0.311 e. The number of aryl methyl sites for hydroxylation is 1. The Labute approximate surface area is 126 Å². The maximum atomic E-state index is 12.4. The van der Waals surface area contributed by atoms with Crippen LogP contribution in [-0.2, 0) is 21.4 Å². The lowest BCUT2D eigenvalue weighted by molar-refractivity contribution is -0.161. The van der Waals surface area contributed by atoms with Gasteiger partial charge in [0.15, 0.2) is 0 Å². The van der Waals surface area contributed by atoms with Crippen LogP contribution in [0.2, 0.25) is 0 Å². The number of phenolic OH excluding ortho intramolecular Hbond substituents is 1. The molecule has 21 heavy (non-hydrogen) atoms. The molecule has 3 atom stereocenters. The molecule has 0 spiro atoms. The van der Waals surface area contributed by atoms with Crippen molar-refractivity contribution in [2.75, 3.05) is 7.11 Å². The molecule has 0 amide bonds. The number of fused-ring (bicyclic) bond motifs is 3. The average Bonchev–Trinajstić information content (AvgIpc) is 2.46. The Morgan fingerprint density at radius 1 is 1.33 bits per heavy atom. The molecule has 0 aliphatic heterocycles. The largest absolute Gasteiger partial charge is 0.508 e. The fourth-order valence-electron chi connectivity index (χ4n) is 4.93. The Balaban J connectivity index is 2.10. The highest BCUT2D eigenvalue weighted by molar-refractivity contribution is 5.77. The van der Waals surface area contributed by atoms with Crippen LogP contribution in [0.5, 0.6) is 5.75 Å². The lowest BCUT2D eigenvalue weighted by Gasteiger charge is -2.54. The van der Waals surface area contributed by atoms with E-state index < -0.39 is 5.41 Å². The standard InChI is InChI=1S/C18H24O3/c1-17-9-4-10-18(2,16(20)21-3)15(17)8-6-12-5-7-13(19)11-14(12)17/h5,7,11,15,19H,4,6,8-10H2,1-3H3/t15-,17?,18-/m1/s1. The van der Waals surface area contributed by atoms with Crippen molar-refractivity contribution < 1.29 is 14.6 Å². The van der Waals surface area contributed by atoms with E-state index in [1.807, 2.05) is 12.1 Å². The van der Waals surface area contributed by atoms with Crippen molar-refractivity contribution in [1.82, 2.24) is 0 Å². The van der Waals surface area contributed by atoms with E-state index in [9.17, 15) is 9.90 Å². The molecular formula is C18H24O3. The summed E-state index contributed by atoms with van der Waals surface area (Å²) in [7, 11) is 1.49. The summed E-state index contributed by atoms with van der Waals surface area (Å²) in [6.45, 7) is 4.32. The first-order valence-corrected chi connectivity index (χ1v) is 7.82. The molecule has 2 aliphatic rings. The number of rotatable bonds is 1. The highest BCUT2D eigenvalue weighted by Gasteiger charge is 2.55. The van der Waals surface area contributed by atoms with E-state index in [4.69, 9.17) is 4.74 Å². The number of aromatic hydroxyl groups is 1. The van der Waals surface area contributed by atoms with Gasteiger partial charge < -0.3 is 9.84 Å². The third-order valence-corrected chi connectivity index (χ3v) is 5.99. The lowest BCUT2D eigenvalue weighted by atomic mass is 9.50. The summed E-state index contributed by atoms with van der Waals surface area (Å²) in [5.41, 5.74) is 2.09. The predicted molar refractivity (Wildman–Crippen MR) is 81.2 cm³/mol. The number of methoxy groups -OCH3 is 1. The molecule has 1 unspecified atom stereocenters. The molecule has 0 bridgehead atoms. The van der Waals surface area contributed by atoms with Gasteiger partial charge in [0, 0.05) is 0 Å². The van der Waals surface area contributed by atoms with Gasteiger partial charge in [-0.3, -0.25) is 4.79 Å². The fraction of sp³-hybridized carbons (Fsp3) is 0.611. The molecule has 0 heterocycles. The van der Waals surface area contributed by atoms with Gasteiger partial charge in [-0.25, -0.2) is 0 Å². The molecular weight excluding hydrogens is 264 g/mol. The number of benzene rings is 1. The van der Waals surface area contributed by atoms with Crippen LogP contribution >= 0.6 is 0 Å². The molecule has 3 heteroatoms. The number of phenols is 1. The van der Waals surface area contributed by atoms with Gasteiger partial charge in [0.2, 0.25) is 0 Å². The van der Waals surface area contributed by atoms with Crippen LogP contribution in [0.15, 0.2) is 18.2 Å². The van der Waals surface area contributed by atoms with E-state index in [0.717, 1.165) is 32.1 Å². The molecule has 3 nitrogen and oxygen atoms in total. The number of ether oxygens (including phenoxy) is 1. The number of hydrogen-bond acceptors (Lipinski definition) is 3. The van der Waals surface area contributed by atoms with Crippen molar-refractivity contribution in [1.29, 1.82) is 0 Å². The van der Waals surface area contributed by atoms with Crippen LogP contribution in [-0.4, -0.2) is 18.2 Å². The molecule has 0 aromatic heterocycles. The minimum absolute atomic E-state index is 0.0481. The van der Waals surface area contributed by atoms with Gasteiger partial charge in [-0.1, -0.05) is 19.4 Å². The van der Waals surface area contributed by atoms with E-state index in [1.54, 1.807) is 6.07 Å². The number of esters is 1. The van der Waals surface area contributed by atoms with Gasteiger partial charge in [-0.2, -0.15) is 0 Å². The second-order valence-electron chi connectivity index (χ2n) is 7.11. The van der Waals surface area contributed by atoms with Crippen LogP contribution < -0.4 is 0 Å². The van der Waals surface area contributed by atoms with E-state index >= 15 is 0 Å². The van der Waals surface area contributed by atoms with Crippen molar-refractivity contribution in [3.8, 4) is 5.75 Å². The minimum atomic E-state index is -0.412. The summed E-state index contributed by atoms with van der Waals surface area (Å²) < 4.78 is 5.11. The summed E-state index contributed by atoms with van der Waals surface area (Å²) in [6, 6.07) is 5.71. The molecule has 3 rings (SSSR count). The number of carbonyl (C=O) groups excluding carboxylic acids is 1. The second kappa shape index (κ2) is 4.75. The first-order valence-electron chi connectivity index (χ1n) is 7.82. The normalized spacial score (nSPS) is 34.7. The zero-order valence-corrected chi connectivity index (χ0v) is 13.1. The topological polar surface area (TPSA) is 46.5 Å². The van der Waals surface area contributed by atoms with Gasteiger partial charge in [0.25, 0.3) is 0 Å². The third kappa shape index (κ3) is 1.97. The first kappa shape index (κ1) is 14.4. The van der Waals surface area contributed by atoms with Gasteiger partial charge in [0.05, 0.1) is 12.5 Å². The zero-order valence-electron chi connectivity index (χ0n) is 13.1. The number of hydrogen-bond donors (Lipinski definition) is 1. The summed E-state index contributed by atoms with van der Waals surface area (Å²) in [4.78, 5) is 12.4. The zero-order chi connectivity index (χ0) is 15.3. The predicted octanol–water partition coefficient (Wildman–Crippen LogP) is 3.58. The van der Waals surface area contributed by atoms with E-state index in [2.05, 4.69) is 13.8 Å². The summed E-state index contributed by atoms with van der Waals surface area (Å²) in [6.07, 6.45) is 4.98. The Hall–Kier alpha value is -1.51. The molecule has 1 saturated carbocycles. The molecule has 1 N–H and O–H groups in total. The van der Waals surface area contributed by atoms with Crippen LogP contribution in [0.4, 0.5) is 0 Å². The second-order valence-corrected chi connectivity index (χ2v) is 7.11. The lowest BCUT2D eigenvalue weighted by Crippen LogP contribution is -2.52. The van der Waals surface area contributed by atoms with Crippen LogP contribution in [0.3, 0.4) is 0 Å². The SMILES string of the molecule is COC(=O)[C@]1(C)CCCC2(C)c3cc(O)ccc3CC[C@H]21. The van der Waals surface area contributed by atoms with E-state index in [0.29, 0.717) is 5.75 Å². The Morgan fingerprint density at radius 3 is 2.81 bits per heavy atom. The van der Waals surface area contributed by atoms with Crippen molar-refractivity contribution in [2.45, 2.75) is 51.4 Å². The molecule has 114 valence electrons. The van der Waals surface area contributed by atoms with Gasteiger partial charge in [-0.15, -0.1) is 0 Å². The minimum Gasteiger partial charge on any atom is -0.508 e. The van der Waals surface area contributed by atoms with Crippen LogP contribution in [0.1, 0.15) is 50.7 Å².